The lowest BCUT2D eigenvalue weighted by atomic mass is 10.1. The number of carbonyl (C=O) groups excluding carboxylic acids is 1. The molecule has 0 unspecified atom stereocenters. The van der Waals surface area contributed by atoms with Gasteiger partial charge in [-0.2, -0.15) is 0 Å². The monoisotopic (exact) mass is 462 g/mol. The van der Waals surface area contributed by atoms with Crippen LogP contribution in [-0.4, -0.2) is 33.0 Å². The molecule has 0 saturated carbocycles. The minimum atomic E-state index is -0.727. The molecule has 3 aromatic rings. The van der Waals surface area contributed by atoms with E-state index in [4.69, 9.17) is 5.11 Å². The summed E-state index contributed by atoms with van der Waals surface area (Å²) in [7, 11) is 0. The molecule has 1 aromatic heterocycles. The Labute approximate surface area is 203 Å². The van der Waals surface area contributed by atoms with Gasteiger partial charge in [0.2, 0.25) is 5.91 Å². The molecule has 2 aromatic carbocycles. The third-order valence-electron chi connectivity index (χ3n) is 6.68. The summed E-state index contributed by atoms with van der Waals surface area (Å²) in [6.45, 7) is 10.2. The number of amides is 1. The van der Waals surface area contributed by atoms with Crippen molar-refractivity contribution in [3.8, 4) is 0 Å². The van der Waals surface area contributed by atoms with E-state index in [1.54, 1.807) is 6.92 Å². The first-order chi connectivity index (χ1) is 16.3. The van der Waals surface area contributed by atoms with Crippen LogP contribution in [0.15, 0.2) is 42.5 Å². The summed E-state index contributed by atoms with van der Waals surface area (Å²) in [6.07, 6.45) is 4.85. The fourth-order valence-electron chi connectivity index (χ4n) is 4.59. The molecule has 0 saturated heterocycles. The lowest BCUT2D eigenvalue weighted by molar-refractivity contribution is -0.137. The average Bonchev–Trinajstić information content (AvgIpc) is 3.03. The molecule has 0 spiro atoms. The number of aryl methyl sites for hydroxylation is 2. The van der Waals surface area contributed by atoms with Gasteiger partial charge in [0.1, 0.15) is 0 Å². The molecule has 1 amide bonds. The minimum absolute atomic E-state index is 0.0948. The van der Waals surface area contributed by atoms with Gasteiger partial charge in [-0.05, 0) is 56.9 Å². The van der Waals surface area contributed by atoms with E-state index >= 15 is 0 Å². The molecule has 0 atom stereocenters. The molecular formula is C29H38N2O3. The van der Waals surface area contributed by atoms with Gasteiger partial charge in [0.05, 0.1) is 0 Å². The van der Waals surface area contributed by atoms with Crippen molar-refractivity contribution < 1.29 is 14.7 Å². The van der Waals surface area contributed by atoms with Gasteiger partial charge in [-0.25, -0.2) is 0 Å². The van der Waals surface area contributed by atoms with Gasteiger partial charge >= 0.3 is 5.97 Å². The van der Waals surface area contributed by atoms with E-state index in [2.05, 4.69) is 67.8 Å². The Hall–Kier alpha value is -3.08. The zero-order valence-electron chi connectivity index (χ0n) is 21.1. The Balaban J connectivity index is 1.75. The largest absolute Gasteiger partial charge is 0.481 e. The molecular weight excluding hydrogens is 424 g/mol. The van der Waals surface area contributed by atoms with Crippen LogP contribution in [0.3, 0.4) is 0 Å². The van der Waals surface area contributed by atoms with Crippen LogP contribution in [0, 0.1) is 20.8 Å². The first-order valence-electron chi connectivity index (χ1n) is 12.4. The molecule has 0 radical (unpaired) electrons. The number of unbranched alkanes of at least 4 members (excludes halogenated alkanes) is 4. The Kier molecular flexibility index (Phi) is 8.91. The van der Waals surface area contributed by atoms with Crippen LogP contribution in [0.25, 0.3) is 10.9 Å². The van der Waals surface area contributed by atoms with Crippen molar-refractivity contribution in [1.82, 2.24) is 9.47 Å². The van der Waals surface area contributed by atoms with Gasteiger partial charge in [0, 0.05) is 49.6 Å². The number of carboxylic acid groups (broad SMARTS) is 1. The molecule has 5 nitrogen and oxygen atoms in total. The predicted molar refractivity (Wildman–Crippen MR) is 138 cm³/mol. The first kappa shape index (κ1) is 25.5. The zero-order chi connectivity index (χ0) is 24.7. The second-order valence-corrected chi connectivity index (χ2v) is 9.51. The lowest BCUT2D eigenvalue weighted by Gasteiger charge is -2.22. The maximum absolute atomic E-state index is 12.5. The van der Waals surface area contributed by atoms with Crippen LogP contribution in [0.4, 0.5) is 0 Å². The molecule has 1 N–H and O–H groups in total. The number of hydrogen-bond donors (Lipinski definition) is 1. The average molecular weight is 463 g/mol. The Morgan fingerprint density at radius 3 is 2.21 bits per heavy atom. The van der Waals surface area contributed by atoms with Crippen LogP contribution >= 0.6 is 0 Å². The van der Waals surface area contributed by atoms with E-state index < -0.39 is 5.97 Å². The number of aromatic nitrogens is 1. The van der Waals surface area contributed by atoms with Crippen molar-refractivity contribution in [1.29, 1.82) is 0 Å². The van der Waals surface area contributed by atoms with Gasteiger partial charge in [-0.1, -0.05) is 60.7 Å². The number of aliphatic carboxylic acids is 1. The zero-order valence-corrected chi connectivity index (χ0v) is 21.1. The standard InChI is InChI=1S/C29H38N2O3/c1-21-11-14-25(15-12-21)19-31-23(3)27(26-18-22(2)13-16-28(26)31)20-30(24(4)32)17-9-7-5-6-8-10-29(33)34/h11-16,18H,5-10,17,19-20H2,1-4H3,(H,33,34). The van der Waals surface area contributed by atoms with Gasteiger partial charge in [-0.15, -0.1) is 0 Å². The maximum Gasteiger partial charge on any atom is 0.303 e. The van der Waals surface area contributed by atoms with Crippen molar-refractivity contribution in [3.63, 3.8) is 0 Å². The fraction of sp³-hybridized carbons (Fsp3) is 0.448. The highest BCUT2D eigenvalue weighted by Crippen LogP contribution is 2.29. The molecule has 0 bridgehead atoms. The van der Waals surface area contributed by atoms with Gasteiger partial charge in [0.15, 0.2) is 0 Å². The Morgan fingerprint density at radius 1 is 0.882 bits per heavy atom. The second-order valence-electron chi connectivity index (χ2n) is 9.51. The summed E-state index contributed by atoms with van der Waals surface area (Å²) in [5.74, 6) is -0.632. The molecule has 3 rings (SSSR count). The van der Waals surface area contributed by atoms with E-state index in [0.717, 1.165) is 45.2 Å². The summed E-state index contributed by atoms with van der Waals surface area (Å²) >= 11 is 0. The summed E-state index contributed by atoms with van der Waals surface area (Å²) in [5.41, 5.74) is 7.39. The summed E-state index contributed by atoms with van der Waals surface area (Å²) in [4.78, 5) is 25.1. The van der Waals surface area contributed by atoms with Gasteiger partial charge in [-0.3, -0.25) is 9.59 Å². The molecule has 182 valence electrons. The first-order valence-corrected chi connectivity index (χ1v) is 12.4. The van der Waals surface area contributed by atoms with Gasteiger partial charge in [0.25, 0.3) is 0 Å². The van der Waals surface area contributed by atoms with Crippen LogP contribution in [0.2, 0.25) is 0 Å². The van der Waals surface area contributed by atoms with Crippen molar-refractivity contribution in [2.75, 3.05) is 6.54 Å². The minimum Gasteiger partial charge on any atom is -0.481 e. The van der Waals surface area contributed by atoms with Crippen molar-refractivity contribution in [3.05, 3.63) is 70.4 Å². The van der Waals surface area contributed by atoms with E-state index in [9.17, 15) is 9.59 Å². The third kappa shape index (κ3) is 6.72. The normalized spacial score (nSPS) is 11.2. The highest BCUT2D eigenvalue weighted by molar-refractivity contribution is 5.87. The maximum atomic E-state index is 12.5. The highest BCUT2D eigenvalue weighted by atomic mass is 16.4. The predicted octanol–water partition coefficient (Wildman–Crippen LogP) is 6.39. The Morgan fingerprint density at radius 2 is 1.53 bits per heavy atom. The smallest absolute Gasteiger partial charge is 0.303 e. The second kappa shape index (κ2) is 11.9. The third-order valence-corrected chi connectivity index (χ3v) is 6.68. The van der Waals surface area contributed by atoms with Crippen molar-refractivity contribution >= 4 is 22.8 Å². The molecule has 0 aliphatic rings. The van der Waals surface area contributed by atoms with Gasteiger partial charge < -0.3 is 14.6 Å². The van der Waals surface area contributed by atoms with Crippen LogP contribution < -0.4 is 0 Å². The number of carboxylic acids is 1. The van der Waals surface area contributed by atoms with Crippen LogP contribution in [0.1, 0.15) is 73.4 Å². The van der Waals surface area contributed by atoms with E-state index in [1.165, 1.54) is 38.9 Å². The molecule has 0 fully saturated rings. The quantitative estimate of drug-likeness (QED) is 0.317. The number of benzene rings is 2. The summed E-state index contributed by atoms with van der Waals surface area (Å²) < 4.78 is 2.37. The molecule has 1 heterocycles. The molecule has 0 aliphatic carbocycles. The van der Waals surface area contributed by atoms with E-state index in [-0.39, 0.29) is 12.3 Å². The number of fused-ring (bicyclic) bond motifs is 1. The molecule has 5 heteroatoms. The fourth-order valence-corrected chi connectivity index (χ4v) is 4.59. The summed E-state index contributed by atoms with van der Waals surface area (Å²) in [5, 5.41) is 9.98. The van der Waals surface area contributed by atoms with Crippen LogP contribution in [0.5, 0.6) is 0 Å². The number of carbonyl (C=O) groups is 2. The van der Waals surface area contributed by atoms with Crippen molar-refractivity contribution in [2.24, 2.45) is 0 Å². The highest BCUT2D eigenvalue weighted by Gasteiger charge is 2.18. The molecule has 34 heavy (non-hydrogen) atoms. The summed E-state index contributed by atoms with van der Waals surface area (Å²) in [6, 6.07) is 15.3. The number of hydrogen-bond acceptors (Lipinski definition) is 2. The Bertz CT molecular complexity index is 1130. The van der Waals surface area contributed by atoms with E-state index in [1.807, 2.05) is 4.90 Å². The molecule has 0 aliphatic heterocycles. The van der Waals surface area contributed by atoms with Crippen LogP contribution in [-0.2, 0) is 22.7 Å². The topological polar surface area (TPSA) is 62.5 Å². The van der Waals surface area contributed by atoms with Crippen molar-refractivity contribution in [2.45, 2.75) is 79.3 Å². The number of rotatable bonds is 12. The number of nitrogens with zero attached hydrogens (tertiary/aromatic N) is 2. The lowest BCUT2D eigenvalue weighted by Crippen LogP contribution is -2.29. The SMILES string of the molecule is CC(=O)N(CCCCCCCC(=O)O)Cc1c(C)n(Cc2ccc(C)cc2)c2ccc(C)cc12. The van der Waals surface area contributed by atoms with E-state index in [0.29, 0.717) is 6.54 Å².